The second-order valence-electron chi connectivity index (χ2n) is 13.6. The Morgan fingerprint density at radius 1 is 0.593 bits per heavy atom. The van der Waals surface area contributed by atoms with E-state index in [1.807, 2.05) is 12.2 Å². The van der Waals surface area contributed by atoms with E-state index in [-0.39, 0.29) is 49.0 Å². The second kappa shape index (κ2) is 41.6. The van der Waals surface area contributed by atoms with Gasteiger partial charge in [0.2, 0.25) is 0 Å². The summed E-state index contributed by atoms with van der Waals surface area (Å²) in [5.74, 6) is -1.03. The molecular formula is C42H74NaO10P. The third kappa shape index (κ3) is 40.6. The van der Waals surface area contributed by atoms with Gasteiger partial charge in [-0.1, -0.05) is 152 Å². The average molecular weight is 793 g/mol. The van der Waals surface area contributed by atoms with Crippen LogP contribution < -0.4 is 34.5 Å². The number of unbranched alkanes of at least 4 members (excludes halogenated alkanes) is 16. The minimum absolute atomic E-state index is 0. The zero-order valence-electron chi connectivity index (χ0n) is 34.2. The molecule has 308 valence electrons. The van der Waals surface area contributed by atoms with E-state index in [0.717, 1.165) is 44.9 Å². The molecule has 54 heavy (non-hydrogen) atoms. The molecule has 0 radical (unpaired) electrons. The van der Waals surface area contributed by atoms with Crippen molar-refractivity contribution in [3.05, 3.63) is 48.6 Å². The standard InChI is InChI=1S/C42H75O10P.Na/c1-3-5-7-9-11-13-15-17-18-19-20-22-24-26-28-30-32-34-42(46)52-40(38-51-53(47,48)50-36-39(44)35-43)37-49-41(45)33-31-29-27-25-23-21-16-14-12-10-8-6-4-2;/h11,13,17-18,20,22,26,28,39-40,43-44H,3-10,12,14-16,19,21,23-25,27,29-38H2,1-2H3,(H,47,48);/q;+1/p-1/b13-11-,18-17-,22-20-,28-26-;/t39?,40-;/m1./s1. The Balaban J connectivity index is 0. The number of aliphatic hydroxyl groups is 2. The zero-order valence-corrected chi connectivity index (χ0v) is 37.1. The van der Waals surface area contributed by atoms with Crippen LogP contribution in [0, 0.1) is 0 Å². The summed E-state index contributed by atoms with van der Waals surface area (Å²) in [7, 11) is -4.88. The van der Waals surface area contributed by atoms with Crippen molar-refractivity contribution in [2.45, 2.75) is 180 Å². The van der Waals surface area contributed by atoms with Crippen LogP contribution in [0.2, 0.25) is 0 Å². The molecule has 0 aliphatic heterocycles. The molecular weight excluding hydrogens is 718 g/mol. The van der Waals surface area contributed by atoms with Gasteiger partial charge in [-0.3, -0.25) is 14.2 Å². The second-order valence-corrected chi connectivity index (χ2v) is 15.1. The molecule has 0 aliphatic rings. The average Bonchev–Trinajstić information content (AvgIpc) is 3.14. The molecule has 0 bridgehead atoms. The molecule has 0 fully saturated rings. The van der Waals surface area contributed by atoms with Gasteiger partial charge in [-0.05, 0) is 51.4 Å². The van der Waals surface area contributed by atoms with Gasteiger partial charge in [-0.15, -0.1) is 0 Å². The molecule has 0 spiro atoms. The van der Waals surface area contributed by atoms with Crippen LogP contribution in [0.1, 0.15) is 168 Å². The van der Waals surface area contributed by atoms with Gasteiger partial charge >= 0.3 is 41.5 Å². The summed E-state index contributed by atoms with van der Waals surface area (Å²) in [5, 5.41) is 18.2. The van der Waals surface area contributed by atoms with Crippen LogP contribution in [-0.2, 0) is 32.7 Å². The third-order valence-corrected chi connectivity index (χ3v) is 9.41. The van der Waals surface area contributed by atoms with Crippen molar-refractivity contribution >= 4 is 19.8 Å². The van der Waals surface area contributed by atoms with Crippen molar-refractivity contribution in [3.8, 4) is 0 Å². The molecule has 0 aromatic heterocycles. The number of hydrogen-bond acceptors (Lipinski definition) is 10. The van der Waals surface area contributed by atoms with Crippen LogP contribution in [0.5, 0.6) is 0 Å². The summed E-state index contributed by atoms with van der Waals surface area (Å²) >= 11 is 0. The minimum atomic E-state index is -4.88. The van der Waals surface area contributed by atoms with Crippen molar-refractivity contribution in [3.63, 3.8) is 0 Å². The van der Waals surface area contributed by atoms with E-state index in [2.05, 4.69) is 54.8 Å². The van der Waals surface area contributed by atoms with Crippen LogP contribution in [-0.4, -0.2) is 60.8 Å². The summed E-state index contributed by atoms with van der Waals surface area (Å²) in [6.45, 7) is 2.09. The van der Waals surface area contributed by atoms with Crippen LogP contribution in [0.4, 0.5) is 0 Å². The van der Waals surface area contributed by atoms with Crippen LogP contribution in [0.15, 0.2) is 48.6 Å². The molecule has 0 amide bonds. The van der Waals surface area contributed by atoms with E-state index < -0.39 is 51.8 Å². The van der Waals surface area contributed by atoms with Gasteiger partial charge in [-0.25, -0.2) is 0 Å². The van der Waals surface area contributed by atoms with E-state index in [1.165, 1.54) is 77.0 Å². The van der Waals surface area contributed by atoms with Crippen LogP contribution in [0.3, 0.4) is 0 Å². The number of hydrogen-bond donors (Lipinski definition) is 2. The Hall–Kier alpha value is -1.07. The molecule has 10 nitrogen and oxygen atoms in total. The maximum absolute atomic E-state index is 12.5. The smallest absolute Gasteiger partial charge is 0.756 e. The molecule has 0 aromatic rings. The Labute approximate surface area is 350 Å². The van der Waals surface area contributed by atoms with Crippen LogP contribution >= 0.6 is 7.82 Å². The number of phosphoric acid groups is 1. The maximum atomic E-state index is 12.5. The number of aliphatic hydroxyl groups excluding tert-OH is 2. The van der Waals surface area contributed by atoms with Crippen LogP contribution in [0.25, 0.3) is 0 Å². The molecule has 0 aliphatic carbocycles. The first-order valence-corrected chi connectivity index (χ1v) is 22.0. The molecule has 2 N–H and O–H groups in total. The predicted octanol–water partition coefficient (Wildman–Crippen LogP) is 6.93. The van der Waals surface area contributed by atoms with Crippen molar-refractivity contribution in [2.75, 3.05) is 26.4 Å². The van der Waals surface area contributed by atoms with Gasteiger partial charge in [0.1, 0.15) is 12.7 Å². The minimum Gasteiger partial charge on any atom is -0.756 e. The van der Waals surface area contributed by atoms with E-state index in [4.69, 9.17) is 19.1 Å². The first-order valence-electron chi connectivity index (χ1n) is 20.6. The molecule has 0 rings (SSSR count). The fourth-order valence-corrected chi connectivity index (χ4v) is 6.05. The number of allylic oxidation sites excluding steroid dienone is 8. The monoisotopic (exact) mass is 792 g/mol. The maximum Gasteiger partial charge on any atom is 1.00 e. The van der Waals surface area contributed by atoms with E-state index in [1.54, 1.807) is 0 Å². The van der Waals surface area contributed by atoms with Crippen molar-refractivity contribution in [2.24, 2.45) is 0 Å². The number of ether oxygens (including phenoxy) is 2. The summed E-state index contributed by atoms with van der Waals surface area (Å²) in [6, 6.07) is 0. The van der Waals surface area contributed by atoms with E-state index >= 15 is 0 Å². The van der Waals surface area contributed by atoms with Gasteiger partial charge in [-0.2, -0.15) is 0 Å². The Kier molecular flexibility index (Phi) is 42.4. The number of carbonyl (C=O) groups excluding carboxylic acids is 2. The molecule has 2 unspecified atom stereocenters. The van der Waals surface area contributed by atoms with Gasteiger partial charge < -0.3 is 33.6 Å². The summed E-state index contributed by atoms with van der Waals surface area (Å²) in [5.41, 5.74) is 0. The predicted molar refractivity (Wildman–Crippen MR) is 212 cm³/mol. The molecule has 0 heterocycles. The summed E-state index contributed by atoms with van der Waals surface area (Å²) in [6.07, 6.45) is 39.1. The van der Waals surface area contributed by atoms with Crippen molar-refractivity contribution in [1.82, 2.24) is 0 Å². The third-order valence-electron chi connectivity index (χ3n) is 8.48. The van der Waals surface area contributed by atoms with E-state index in [0.29, 0.717) is 19.3 Å². The molecule has 0 saturated heterocycles. The van der Waals surface area contributed by atoms with Crippen molar-refractivity contribution < 1.29 is 77.3 Å². The number of carbonyl (C=O) groups is 2. The first kappa shape index (κ1) is 55.0. The SMILES string of the molecule is CCCCC/C=C\C/C=C\C/C=C\C/C=C\CCCC(=O)O[C@H](COC(=O)CCCCCCCCCCCCCCC)COP(=O)([O-])OCC(O)CO.[Na+]. The molecule has 0 aromatic carbocycles. The number of rotatable bonds is 38. The Morgan fingerprint density at radius 2 is 1.02 bits per heavy atom. The fraction of sp³-hybridized carbons (Fsp3) is 0.762. The Bertz CT molecular complexity index is 1030. The normalized spacial score (nSPS) is 14.2. The number of phosphoric ester groups is 1. The van der Waals surface area contributed by atoms with E-state index in [9.17, 15) is 24.2 Å². The quantitative estimate of drug-likeness (QED) is 0.0222. The molecule has 0 saturated carbocycles. The zero-order chi connectivity index (χ0) is 39.1. The molecule has 3 atom stereocenters. The van der Waals surface area contributed by atoms with Gasteiger partial charge in [0.25, 0.3) is 7.82 Å². The summed E-state index contributed by atoms with van der Waals surface area (Å²) in [4.78, 5) is 37.0. The number of esters is 2. The van der Waals surface area contributed by atoms with Gasteiger partial charge in [0, 0.05) is 12.8 Å². The van der Waals surface area contributed by atoms with Gasteiger partial charge in [0.05, 0.1) is 19.8 Å². The summed E-state index contributed by atoms with van der Waals surface area (Å²) < 4.78 is 32.2. The topological polar surface area (TPSA) is 152 Å². The van der Waals surface area contributed by atoms with Crippen molar-refractivity contribution in [1.29, 1.82) is 0 Å². The molecule has 12 heteroatoms. The van der Waals surface area contributed by atoms with Gasteiger partial charge in [0.15, 0.2) is 6.10 Å². The first-order chi connectivity index (χ1) is 25.7. The largest absolute Gasteiger partial charge is 1.00 e. The Morgan fingerprint density at radius 3 is 1.54 bits per heavy atom. The fourth-order valence-electron chi connectivity index (χ4n) is 5.27.